The van der Waals surface area contributed by atoms with Gasteiger partial charge in [-0.1, -0.05) is 6.07 Å². The molecule has 1 aromatic heterocycles. The van der Waals surface area contributed by atoms with Crippen molar-refractivity contribution in [2.24, 2.45) is 0 Å². The topological polar surface area (TPSA) is 94.9 Å². The Morgan fingerprint density at radius 2 is 1.97 bits per heavy atom. The van der Waals surface area contributed by atoms with E-state index in [0.717, 1.165) is 31.9 Å². The van der Waals surface area contributed by atoms with Crippen LogP contribution in [0.2, 0.25) is 0 Å². The highest BCUT2D eigenvalue weighted by molar-refractivity contribution is 5.99. The van der Waals surface area contributed by atoms with Gasteiger partial charge in [0, 0.05) is 43.0 Å². The highest BCUT2D eigenvalue weighted by Gasteiger charge is 2.47. The summed E-state index contributed by atoms with van der Waals surface area (Å²) in [6.07, 6.45) is 4.02. The second-order valence-electron chi connectivity index (χ2n) is 8.94. The Bertz CT molecular complexity index is 1210. The standard InChI is InChI=1S/C23H24F2N4O4/c1-12-6-7-28(15-4-5-15)18-11-27-10-16(20(30)21(31)19(27)23(33)29(12)18)22(32)26-9-13-2-3-14(24)8-17(13)25/h2-3,8,10,12,15,18,31H,4-7,9,11H2,1H3,(H,26,32)/t12-,18-/m0/s1. The number of hydrogen-bond acceptors (Lipinski definition) is 5. The molecule has 2 N–H and O–H groups in total. The summed E-state index contributed by atoms with van der Waals surface area (Å²) in [6.45, 7) is 2.87. The molecule has 2 fully saturated rings. The summed E-state index contributed by atoms with van der Waals surface area (Å²) >= 11 is 0. The van der Waals surface area contributed by atoms with Crippen LogP contribution in [0.5, 0.6) is 5.75 Å². The highest BCUT2D eigenvalue weighted by atomic mass is 19.1. The van der Waals surface area contributed by atoms with Gasteiger partial charge < -0.3 is 19.9 Å². The van der Waals surface area contributed by atoms with E-state index in [2.05, 4.69) is 10.2 Å². The van der Waals surface area contributed by atoms with E-state index in [1.807, 2.05) is 6.92 Å². The lowest BCUT2D eigenvalue weighted by Gasteiger charge is -2.50. The molecule has 2 aromatic rings. The SMILES string of the molecule is C[C@H]1CCN(C2CC2)[C@@H]2Cn3cc(C(=O)NCc4ccc(F)cc4F)c(=O)c(O)c3C(=O)N12. The van der Waals surface area contributed by atoms with Crippen LogP contribution in [-0.2, 0) is 13.1 Å². The minimum atomic E-state index is -0.964. The summed E-state index contributed by atoms with van der Waals surface area (Å²) < 4.78 is 28.4. The first kappa shape index (κ1) is 21.6. The summed E-state index contributed by atoms with van der Waals surface area (Å²) in [5, 5.41) is 13.0. The third kappa shape index (κ3) is 3.68. The van der Waals surface area contributed by atoms with E-state index in [1.165, 1.54) is 16.8 Å². The van der Waals surface area contributed by atoms with Crippen molar-refractivity contribution in [1.29, 1.82) is 0 Å². The average Bonchev–Trinajstić information content (AvgIpc) is 3.60. The van der Waals surface area contributed by atoms with E-state index in [1.54, 1.807) is 4.90 Å². The fourth-order valence-corrected chi connectivity index (χ4v) is 4.85. The van der Waals surface area contributed by atoms with Crippen molar-refractivity contribution >= 4 is 11.8 Å². The molecule has 2 aliphatic heterocycles. The summed E-state index contributed by atoms with van der Waals surface area (Å²) in [6, 6.07) is 3.36. The predicted molar refractivity (Wildman–Crippen MR) is 114 cm³/mol. The van der Waals surface area contributed by atoms with Gasteiger partial charge in [0.15, 0.2) is 11.4 Å². The average molecular weight is 458 g/mol. The third-order valence-electron chi connectivity index (χ3n) is 6.75. The zero-order valence-electron chi connectivity index (χ0n) is 18.1. The number of rotatable bonds is 4. The van der Waals surface area contributed by atoms with Gasteiger partial charge in [0.05, 0.1) is 6.54 Å². The van der Waals surface area contributed by atoms with Crippen LogP contribution in [0, 0.1) is 11.6 Å². The molecule has 174 valence electrons. The molecule has 2 amide bonds. The summed E-state index contributed by atoms with van der Waals surface area (Å²) in [4.78, 5) is 42.8. The van der Waals surface area contributed by atoms with Gasteiger partial charge in [-0.2, -0.15) is 0 Å². The molecule has 5 rings (SSSR count). The Morgan fingerprint density at radius 1 is 1.21 bits per heavy atom. The maximum Gasteiger partial charge on any atom is 0.276 e. The molecular weight excluding hydrogens is 434 g/mol. The van der Waals surface area contributed by atoms with Crippen LogP contribution < -0.4 is 10.7 Å². The van der Waals surface area contributed by atoms with Gasteiger partial charge in [-0.05, 0) is 32.3 Å². The number of fused-ring (bicyclic) bond motifs is 2. The van der Waals surface area contributed by atoms with E-state index in [4.69, 9.17) is 0 Å². The van der Waals surface area contributed by atoms with Crippen molar-refractivity contribution in [3.8, 4) is 5.75 Å². The fourth-order valence-electron chi connectivity index (χ4n) is 4.85. The van der Waals surface area contributed by atoms with Crippen LogP contribution in [0.3, 0.4) is 0 Å². The summed E-state index contributed by atoms with van der Waals surface area (Å²) in [7, 11) is 0. The first-order chi connectivity index (χ1) is 15.8. The van der Waals surface area contributed by atoms with Crippen molar-refractivity contribution in [3.05, 3.63) is 63.1 Å². The Morgan fingerprint density at radius 3 is 2.67 bits per heavy atom. The number of benzene rings is 1. The number of hydrogen-bond donors (Lipinski definition) is 2. The molecule has 1 aliphatic carbocycles. The largest absolute Gasteiger partial charge is 0.503 e. The van der Waals surface area contributed by atoms with Crippen LogP contribution in [0.25, 0.3) is 0 Å². The maximum absolute atomic E-state index is 13.9. The zero-order chi connectivity index (χ0) is 23.4. The Kier molecular flexibility index (Phi) is 5.19. The van der Waals surface area contributed by atoms with Crippen molar-refractivity contribution in [2.45, 2.75) is 57.5 Å². The van der Waals surface area contributed by atoms with Crippen LogP contribution in [-0.4, -0.2) is 56.1 Å². The molecule has 0 radical (unpaired) electrons. The molecule has 10 heteroatoms. The Hall–Kier alpha value is -3.27. The molecular formula is C23H24F2N4O4. The zero-order valence-corrected chi connectivity index (χ0v) is 18.1. The quantitative estimate of drug-likeness (QED) is 0.729. The number of aromatic hydroxyl groups is 1. The summed E-state index contributed by atoms with van der Waals surface area (Å²) in [5.74, 6) is -3.58. The predicted octanol–water partition coefficient (Wildman–Crippen LogP) is 1.80. The molecule has 0 unspecified atom stereocenters. The number of halogens is 2. The number of nitrogens with one attached hydrogen (secondary N) is 1. The van der Waals surface area contributed by atoms with E-state index >= 15 is 0 Å². The van der Waals surface area contributed by atoms with Gasteiger partial charge in [-0.15, -0.1) is 0 Å². The van der Waals surface area contributed by atoms with Crippen LogP contribution >= 0.6 is 0 Å². The number of amides is 2. The molecule has 1 saturated heterocycles. The number of carbonyl (C=O) groups is 2. The van der Waals surface area contributed by atoms with Crippen LogP contribution in [0.15, 0.2) is 29.2 Å². The second kappa shape index (κ2) is 7.95. The number of carbonyl (C=O) groups excluding carboxylic acids is 2. The molecule has 8 nitrogen and oxygen atoms in total. The van der Waals surface area contributed by atoms with Gasteiger partial charge in [0.1, 0.15) is 23.4 Å². The minimum absolute atomic E-state index is 0.0330. The first-order valence-electron chi connectivity index (χ1n) is 11.0. The highest BCUT2D eigenvalue weighted by Crippen LogP contribution is 2.37. The lowest BCUT2D eigenvalue weighted by atomic mass is 10.0. The molecule has 3 aliphatic rings. The van der Waals surface area contributed by atoms with E-state index in [9.17, 15) is 28.3 Å². The van der Waals surface area contributed by atoms with Gasteiger partial charge >= 0.3 is 0 Å². The normalized spacial score (nSPS) is 22.6. The Balaban J connectivity index is 1.45. The number of nitrogens with zero attached hydrogens (tertiary/aromatic N) is 3. The molecule has 1 saturated carbocycles. The smallest absolute Gasteiger partial charge is 0.276 e. The Labute approximate surface area is 188 Å². The molecule has 2 atom stereocenters. The van der Waals surface area contributed by atoms with Gasteiger partial charge in [-0.25, -0.2) is 8.78 Å². The van der Waals surface area contributed by atoms with Gasteiger partial charge in [0.25, 0.3) is 11.8 Å². The van der Waals surface area contributed by atoms with Crippen LogP contribution in [0.4, 0.5) is 8.78 Å². The molecule has 0 spiro atoms. The van der Waals surface area contributed by atoms with Gasteiger partial charge in [-0.3, -0.25) is 19.3 Å². The lowest BCUT2D eigenvalue weighted by molar-refractivity contribution is -0.0362. The van der Waals surface area contributed by atoms with E-state index in [-0.39, 0.29) is 35.6 Å². The number of pyridine rings is 1. The third-order valence-corrected chi connectivity index (χ3v) is 6.75. The monoisotopic (exact) mass is 458 g/mol. The maximum atomic E-state index is 13.9. The van der Waals surface area contributed by atoms with Crippen molar-refractivity contribution in [3.63, 3.8) is 0 Å². The van der Waals surface area contributed by atoms with E-state index in [0.29, 0.717) is 18.7 Å². The van der Waals surface area contributed by atoms with Crippen molar-refractivity contribution < 1.29 is 23.5 Å². The molecule has 1 aromatic carbocycles. The van der Waals surface area contributed by atoms with Crippen molar-refractivity contribution in [1.82, 2.24) is 19.7 Å². The lowest BCUT2D eigenvalue weighted by Crippen LogP contribution is -2.64. The van der Waals surface area contributed by atoms with Crippen LogP contribution in [0.1, 0.15) is 52.6 Å². The second-order valence-corrected chi connectivity index (χ2v) is 8.94. The van der Waals surface area contributed by atoms with Crippen molar-refractivity contribution in [2.75, 3.05) is 6.54 Å². The van der Waals surface area contributed by atoms with Gasteiger partial charge in [0.2, 0.25) is 5.43 Å². The first-order valence-corrected chi connectivity index (χ1v) is 11.0. The molecule has 0 bridgehead atoms. The number of aromatic nitrogens is 1. The fraction of sp³-hybridized carbons (Fsp3) is 0.435. The molecule has 33 heavy (non-hydrogen) atoms. The summed E-state index contributed by atoms with van der Waals surface area (Å²) in [5.41, 5.74) is -1.38. The molecule has 3 heterocycles. The minimum Gasteiger partial charge on any atom is -0.503 e. The van der Waals surface area contributed by atoms with E-state index < -0.39 is 34.6 Å².